The maximum atomic E-state index is 12.7. The minimum Gasteiger partial charge on any atom is -0.508 e. The topological polar surface area (TPSA) is 164 Å². The molecule has 33 heavy (non-hydrogen) atoms. The predicted molar refractivity (Wildman–Crippen MR) is 131 cm³/mol. The molecule has 186 valence electrons. The summed E-state index contributed by atoms with van der Waals surface area (Å²) in [6, 6.07) is 3.10. The van der Waals surface area contributed by atoms with Crippen molar-refractivity contribution in [3.05, 3.63) is 23.5 Å². The number of hydrogen-bond donors (Lipinski definition) is 5. The molecular formula is C22H37N5O5S. The van der Waals surface area contributed by atoms with Crippen molar-refractivity contribution in [2.45, 2.75) is 65.5 Å². The second-order valence-corrected chi connectivity index (χ2v) is 9.16. The summed E-state index contributed by atoms with van der Waals surface area (Å²) >= 11 is 0.856. The van der Waals surface area contributed by atoms with Crippen molar-refractivity contribution in [3.8, 4) is 22.9 Å². The number of aromatic nitrogens is 3. The minimum absolute atomic E-state index is 0. The second-order valence-electron chi connectivity index (χ2n) is 8.33. The number of rotatable bonds is 6. The third-order valence-electron chi connectivity index (χ3n) is 5.13. The van der Waals surface area contributed by atoms with E-state index in [1.165, 1.54) is 6.07 Å². The maximum Gasteiger partial charge on any atom is 0.289 e. The van der Waals surface area contributed by atoms with Gasteiger partial charge in [0.25, 0.3) is 5.91 Å². The summed E-state index contributed by atoms with van der Waals surface area (Å²) in [6.45, 7) is 11.3. The molecule has 7 N–H and O–H groups in total. The SMILES string of the molecule is CC(C)NC(=O)c1nnc(-c2cc(C(C)C)c(O)cc2O)n1C1CCNCC1.CCSO.O. The first-order chi connectivity index (χ1) is 15.2. The average Bonchev–Trinajstić information content (AvgIpc) is 3.19. The van der Waals surface area contributed by atoms with Crippen LogP contribution >= 0.6 is 12.0 Å². The first-order valence-electron chi connectivity index (χ1n) is 11.0. The molecule has 0 unspecified atom stereocenters. The Balaban J connectivity index is 0.00000101. The second kappa shape index (κ2) is 13.4. The van der Waals surface area contributed by atoms with Gasteiger partial charge in [0.2, 0.25) is 5.82 Å². The standard InChI is InChI=1S/C20H29N5O3.C2H6OS.H2O/c1-11(2)14-9-15(17(27)10-16(14)26)18-23-24-19(20(28)22-12(3)4)25(18)13-5-7-21-8-6-13;1-2-4-3;/h9-13,21,26-27H,5-8H2,1-4H3,(H,22,28);3H,2H2,1H3;1H2. The van der Waals surface area contributed by atoms with Gasteiger partial charge in [0.05, 0.1) is 5.56 Å². The summed E-state index contributed by atoms with van der Waals surface area (Å²) in [7, 11) is 0. The average molecular weight is 484 g/mol. The molecule has 0 spiro atoms. The van der Waals surface area contributed by atoms with Gasteiger partial charge in [0.15, 0.2) is 5.82 Å². The molecule has 1 aromatic carbocycles. The van der Waals surface area contributed by atoms with Crippen molar-refractivity contribution in [3.63, 3.8) is 0 Å². The fourth-order valence-corrected chi connectivity index (χ4v) is 3.60. The molecule has 1 aromatic heterocycles. The fourth-order valence-electron chi connectivity index (χ4n) is 3.60. The van der Waals surface area contributed by atoms with E-state index in [-0.39, 0.29) is 46.7 Å². The lowest BCUT2D eigenvalue weighted by Crippen LogP contribution is -2.35. The van der Waals surface area contributed by atoms with Gasteiger partial charge in [-0.1, -0.05) is 20.8 Å². The van der Waals surface area contributed by atoms with Gasteiger partial charge in [0, 0.05) is 23.9 Å². The van der Waals surface area contributed by atoms with Gasteiger partial charge in [-0.3, -0.25) is 9.36 Å². The fraction of sp³-hybridized carbons (Fsp3) is 0.591. The van der Waals surface area contributed by atoms with Crippen molar-refractivity contribution in [1.82, 2.24) is 25.4 Å². The van der Waals surface area contributed by atoms with Crippen LogP contribution in [0, 0.1) is 0 Å². The molecular weight excluding hydrogens is 446 g/mol. The molecule has 1 saturated heterocycles. The highest BCUT2D eigenvalue weighted by molar-refractivity contribution is 7.93. The number of carbonyl (C=O) groups is 1. The zero-order valence-corrected chi connectivity index (χ0v) is 20.7. The molecule has 0 bridgehead atoms. The molecule has 3 rings (SSSR count). The molecule has 11 heteroatoms. The summed E-state index contributed by atoms with van der Waals surface area (Å²) in [6.07, 6.45) is 1.67. The quantitative estimate of drug-likeness (QED) is 0.391. The number of phenolic OH excluding ortho intramolecular Hbond substituents is 2. The highest BCUT2D eigenvalue weighted by atomic mass is 32.2. The number of hydrogen-bond acceptors (Lipinski definition) is 8. The lowest BCUT2D eigenvalue weighted by Gasteiger charge is -2.26. The van der Waals surface area contributed by atoms with E-state index in [1.807, 2.05) is 39.2 Å². The number of aromatic hydroxyl groups is 2. The Hall–Kier alpha value is -2.34. The number of amides is 1. The van der Waals surface area contributed by atoms with Crippen molar-refractivity contribution >= 4 is 17.9 Å². The molecule has 1 fully saturated rings. The first kappa shape index (κ1) is 28.7. The summed E-state index contributed by atoms with van der Waals surface area (Å²) in [5.41, 5.74) is 1.18. The van der Waals surface area contributed by atoms with Crippen molar-refractivity contribution in [2.75, 3.05) is 18.8 Å². The third kappa shape index (κ3) is 7.32. The van der Waals surface area contributed by atoms with Crippen LogP contribution in [0.25, 0.3) is 11.4 Å². The number of phenols is 2. The lowest BCUT2D eigenvalue weighted by molar-refractivity contribution is 0.0924. The van der Waals surface area contributed by atoms with Crippen LogP contribution in [0.4, 0.5) is 0 Å². The van der Waals surface area contributed by atoms with Gasteiger partial charge in [0.1, 0.15) is 11.5 Å². The summed E-state index contributed by atoms with van der Waals surface area (Å²) in [5.74, 6) is 1.23. The molecule has 1 aliphatic heterocycles. The van der Waals surface area contributed by atoms with E-state index in [1.54, 1.807) is 6.07 Å². The number of carbonyl (C=O) groups excluding carboxylic acids is 1. The van der Waals surface area contributed by atoms with Crippen LogP contribution in [0.2, 0.25) is 0 Å². The van der Waals surface area contributed by atoms with E-state index < -0.39 is 0 Å². The van der Waals surface area contributed by atoms with Gasteiger partial charge in [-0.2, -0.15) is 0 Å². The Bertz CT molecular complexity index is 896. The summed E-state index contributed by atoms with van der Waals surface area (Å²) in [5, 5.41) is 35.3. The molecule has 1 aliphatic rings. The molecule has 1 amide bonds. The van der Waals surface area contributed by atoms with E-state index in [2.05, 4.69) is 20.8 Å². The van der Waals surface area contributed by atoms with Crippen LogP contribution in [0.1, 0.15) is 75.6 Å². The Morgan fingerprint density at radius 1 is 1.18 bits per heavy atom. The molecule has 0 aliphatic carbocycles. The van der Waals surface area contributed by atoms with Crippen LogP contribution in [0.3, 0.4) is 0 Å². The van der Waals surface area contributed by atoms with Gasteiger partial charge in [-0.15, -0.1) is 10.2 Å². The molecule has 0 saturated carbocycles. The summed E-state index contributed by atoms with van der Waals surface area (Å²) in [4.78, 5) is 12.7. The van der Waals surface area contributed by atoms with Crippen LogP contribution in [0.5, 0.6) is 11.5 Å². The molecule has 0 atom stereocenters. The van der Waals surface area contributed by atoms with Crippen molar-refractivity contribution in [1.29, 1.82) is 0 Å². The van der Waals surface area contributed by atoms with E-state index in [9.17, 15) is 15.0 Å². The number of nitrogens with one attached hydrogen (secondary N) is 2. The molecule has 2 aromatic rings. The third-order valence-corrected chi connectivity index (χ3v) is 5.39. The van der Waals surface area contributed by atoms with Crippen LogP contribution < -0.4 is 10.6 Å². The van der Waals surface area contributed by atoms with Gasteiger partial charge >= 0.3 is 0 Å². The largest absolute Gasteiger partial charge is 0.508 e. The molecule has 2 heterocycles. The number of nitrogens with zero attached hydrogens (tertiary/aromatic N) is 3. The van der Waals surface area contributed by atoms with Crippen LogP contribution in [0.15, 0.2) is 12.1 Å². The Morgan fingerprint density at radius 3 is 2.30 bits per heavy atom. The van der Waals surface area contributed by atoms with Gasteiger partial charge in [-0.05, 0) is 69.4 Å². The maximum absolute atomic E-state index is 12.7. The van der Waals surface area contributed by atoms with E-state index in [4.69, 9.17) is 4.55 Å². The first-order valence-corrected chi connectivity index (χ1v) is 11.9. The summed E-state index contributed by atoms with van der Waals surface area (Å²) < 4.78 is 9.63. The lowest BCUT2D eigenvalue weighted by atomic mass is 9.98. The zero-order chi connectivity index (χ0) is 23.8. The highest BCUT2D eigenvalue weighted by Gasteiger charge is 2.28. The van der Waals surface area contributed by atoms with E-state index in [0.29, 0.717) is 17.0 Å². The highest BCUT2D eigenvalue weighted by Crippen LogP contribution is 2.38. The Morgan fingerprint density at radius 2 is 1.79 bits per heavy atom. The monoisotopic (exact) mass is 483 g/mol. The van der Waals surface area contributed by atoms with Crippen molar-refractivity contribution in [2.24, 2.45) is 0 Å². The zero-order valence-electron chi connectivity index (χ0n) is 19.9. The predicted octanol–water partition coefficient (Wildman–Crippen LogP) is 2.93. The van der Waals surface area contributed by atoms with Crippen LogP contribution in [-0.4, -0.2) is 65.8 Å². The number of benzene rings is 1. The Kier molecular flexibility index (Phi) is 11.6. The molecule has 0 radical (unpaired) electrons. The Labute approximate surface area is 199 Å². The van der Waals surface area contributed by atoms with Crippen molar-refractivity contribution < 1.29 is 25.0 Å². The van der Waals surface area contributed by atoms with E-state index >= 15 is 0 Å². The van der Waals surface area contributed by atoms with Crippen LogP contribution in [-0.2, 0) is 0 Å². The molecule has 10 nitrogen and oxygen atoms in total. The normalized spacial score (nSPS) is 13.9. The minimum atomic E-state index is -0.283. The van der Waals surface area contributed by atoms with E-state index in [0.717, 1.165) is 43.7 Å². The number of piperidine rings is 1. The van der Waals surface area contributed by atoms with Gasteiger partial charge in [-0.25, -0.2) is 0 Å². The smallest absolute Gasteiger partial charge is 0.289 e. The van der Waals surface area contributed by atoms with Gasteiger partial charge < -0.3 is 30.9 Å².